The van der Waals surface area contributed by atoms with Crippen LogP contribution in [0.1, 0.15) is 23.8 Å². The number of amides is 1. The molecule has 1 rings (SSSR count). The van der Waals surface area contributed by atoms with Crippen LogP contribution in [0.2, 0.25) is 0 Å². The molecular weight excluding hydrogens is 242 g/mol. The molecule has 0 aliphatic carbocycles. The predicted molar refractivity (Wildman–Crippen MR) is 65.3 cm³/mol. The van der Waals surface area contributed by atoms with E-state index in [0.29, 0.717) is 11.8 Å². The van der Waals surface area contributed by atoms with Gasteiger partial charge < -0.3 is 5.11 Å². The Morgan fingerprint density at radius 1 is 1.76 bits per heavy atom. The van der Waals surface area contributed by atoms with Gasteiger partial charge >= 0.3 is 0 Å². The van der Waals surface area contributed by atoms with Gasteiger partial charge in [0, 0.05) is 17.6 Å². The molecule has 7 nitrogen and oxygen atoms in total. The van der Waals surface area contributed by atoms with E-state index in [4.69, 9.17) is 10.9 Å². The number of aliphatic hydroxyl groups excluding tert-OH is 1. The van der Waals surface area contributed by atoms with E-state index in [0.717, 1.165) is 12.2 Å². The quantitative estimate of drug-likeness (QED) is 0.342. The first-order valence-electron chi connectivity index (χ1n) is 5.31. The normalized spacial score (nSPS) is 12.4. The molecule has 1 aromatic heterocycles. The summed E-state index contributed by atoms with van der Waals surface area (Å²) in [5.74, 6) is 5.39. The Bertz CT molecular complexity index is 357. The number of nitrogen functional groups attached to an aromatic ring is 1. The molecule has 0 bridgehead atoms. The molecule has 0 aliphatic rings. The zero-order valence-corrected chi connectivity index (χ0v) is 10.5. The van der Waals surface area contributed by atoms with Crippen molar-refractivity contribution in [2.75, 3.05) is 12.4 Å². The van der Waals surface area contributed by atoms with Gasteiger partial charge in [-0.2, -0.15) is 11.8 Å². The fourth-order valence-electron chi connectivity index (χ4n) is 1.20. The number of thioether (sulfide) groups is 1. The molecule has 0 saturated heterocycles. The first-order valence-corrected chi connectivity index (χ1v) is 6.35. The van der Waals surface area contributed by atoms with Crippen LogP contribution < -0.4 is 11.3 Å². The van der Waals surface area contributed by atoms with Gasteiger partial charge in [-0.25, -0.2) is 5.84 Å². The number of aromatic nitrogens is 3. The van der Waals surface area contributed by atoms with Crippen molar-refractivity contribution in [2.45, 2.75) is 25.1 Å². The highest BCUT2D eigenvalue weighted by molar-refractivity contribution is 7.99. The summed E-state index contributed by atoms with van der Waals surface area (Å²) in [5, 5.41) is 16.7. The zero-order chi connectivity index (χ0) is 12.7. The number of carbonyl (C=O) groups excluding carboxylic acids is 1. The molecule has 1 unspecified atom stereocenters. The minimum Gasteiger partial charge on any atom is -0.396 e. The van der Waals surface area contributed by atoms with E-state index in [1.165, 1.54) is 0 Å². The van der Waals surface area contributed by atoms with Crippen LogP contribution in [0.3, 0.4) is 0 Å². The molecular formula is C9H17N5O2S. The lowest BCUT2D eigenvalue weighted by atomic mass is 10.3. The van der Waals surface area contributed by atoms with Gasteiger partial charge in [0.25, 0.3) is 5.91 Å². The van der Waals surface area contributed by atoms with Crippen molar-refractivity contribution in [3.05, 3.63) is 11.9 Å². The number of rotatable bonds is 7. The molecule has 0 radical (unpaired) electrons. The standard InChI is InChI=1S/C9H17N5O2S/c1-7(2-4-15)17-5-3-14-6-8(12-13-14)9(16)11-10/h6-7,15H,2-5,10H2,1H3,(H,11,16). The molecule has 0 saturated carbocycles. The molecule has 0 fully saturated rings. The van der Waals surface area contributed by atoms with E-state index in [2.05, 4.69) is 17.2 Å². The summed E-state index contributed by atoms with van der Waals surface area (Å²) in [6.07, 6.45) is 2.34. The maximum Gasteiger partial charge on any atom is 0.287 e. The zero-order valence-electron chi connectivity index (χ0n) is 9.67. The third-order valence-corrected chi connectivity index (χ3v) is 3.38. The lowest BCUT2D eigenvalue weighted by molar-refractivity contribution is 0.0948. The van der Waals surface area contributed by atoms with Crippen molar-refractivity contribution in [2.24, 2.45) is 5.84 Å². The van der Waals surface area contributed by atoms with Gasteiger partial charge in [0.2, 0.25) is 0 Å². The van der Waals surface area contributed by atoms with Crippen molar-refractivity contribution >= 4 is 17.7 Å². The Hall–Kier alpha value is -1.12. The van der Waals surface area contributed by atoms with Gasteiger partial charge in [-0.1, -0.05) is 12.1 Å². The first-order chi connectivity index (χ1) is 8.17. The fourth-order valence-corrected chi connectivity index (χ4v) is 2.17. The smallest absolute Gasteiger partial charge is 0.287 e. The summed E-state index contributed by atoms with van der Waals surface area (Å²) in [6, 6.07) is 0. The van der Waals surface area contributed by atoms with Crippen LogP contribution in [-0.4, -0.2) is 43.6 Å². The van der Waals surface area contributed by atoms with E-state index in [1.807, 2.05) is 5.43 Å². The van der Waals surface area contributed by atoms with Gasteiger partial charge in [-0.05, 0) is 6.42 Å². The van der Waals surface area contributed by atoms with E-state index in [9.17, 15) is 4.79 Å². The number of hydrazine groups is 1. The second-order valence-corrected chi connectivity index (χ2v) is 5.08. The number of nitrogens with one attached hydrogen (secondary N) is 1. The van der Waals surface area contributed by atoms with Crippen molar-refractivity contribution in [1.29, 1.82) is 0 Å². The topological polar surface area (TPSA) is 106 Å². The van der Waals surface area contributed by atoms with Gasteiger partial charge in [-0.15, -0.1) is 5.10 Å². The summed E-state index contributed by atoms with van der Waals surface area (Å²) < 4.78 is 1.60. The lowest BCUT2D eigenvalue weighted by Crippen LogP contribution is -2.30. The number of hydrogen-bond acceptors (Lipinski definition) is 6. The van der Waals surface area contributed by atoms with Gasteiger partial charge in [0.15, 0.2) is 5.69 Å². The second kappa shape index (κ2) is 7.25. The molecule has 1 amide bonds. The molecule has 1 heterocycles. The van der Waals surface area contributed by atoms with Crippen LogP contribution in [0.5, 0.6) is 0 Å². The molecule has 0 aromatic carbocycles. The molecule has 1 atom stereocenters. The molecule has 0 aliphatic heterocycles. The Labute approximate surface area is 104 Å². The summed E-state index contributed by atoms with van der Waals surface area (Å²) in [7, 11) is 0. The number of aryl methyl sites for hydroxylation is 1. The highest BCUT2D eigenvalue weighted by Gasteiger charge is 2.08. The van der Waals surface area contributed by atoms with Gasteiger partial charge in [0.1, 0.15) is 0 Å². The number of aliphatic hydroxyl groups is 1. The number of hydrogen-bond donors (Lipinski definition) is 3. The second-order valence-electron chi connectivity index (χ2n) is 3.53. The minimum absolute atomic E-state index is 0.207. The van der Waals surface area contributed by atoms with Crippen LogP contribution in [-0.2, 0) is 6.54 Å². The largest absolute Gasteiger partial charge is 0.396 e. The van der Waals surface area contributed by atoms with Crippen LogP contribution in [0.4, 0.5) is 0 Å². The van der Waals surface area contributed by atoms with Crippen molar-refractivity contribution in [3.8, 4) is 0 Å². The Balaban J connectivity index is 2.32. The molecule has 96 valence electrons. The Morgan fingerprint density at radius 2 is 2.53 bits per heavy atom. The van der Waals surface area contributed by atoms with Crippen LogP contribution in [0.25, 0.3) is 0 Å². The van der Waals surface area contributed by atoms with E-state index in [1.54, 1.807) is 22.6 Å². The Morgan fingerprint density at radius 3 is 3.18 bits per heavy atom. The lowest BCUT2D eigenvalue weighted by Gasteiger charge is -2.08. The van der Waals surface area contributed by atoms with E-state index >= 15 is 0 Å². The Kier molecular flexibility index (Phi) is 5.95. The van der Waals surface area contributed by atoms with Gasteiger partial charge in [0.05, 0.1) is 12.7 Å². The summed E-state index contributed by atoms with van der Waals surface area (Å²) >= 11 is 1.75. The molecule has 4 N–H and O–H groups in total. The number of nitrogens with two attached hydrogens (primary N) is 1. The van der Waals surface area contributed by atoms with Crippen molar-refractivity contribution in [3.63, 3.8) is 0 Å². The third kappa shape index (κ3) is 4.72. The average Bonchev–Trinajstić information content (AvgIpc) is 2.77. The maximum atomic E-state index is 11.1. The fraction of sp³-hybridized carbons (Fsp3) is 0.667. The first kappa shape index (κ1) is 13.9. The number of carbonyl (C=O) groups is 1. The van der Waals surface area contributed by atoms with Crippen molar-refractivity contribution in [1.82, 2.24) is 20.4 Å². The maximum absolute atomic E-state index is 11.1. The van der Waals surface area contributed by atoms with E-state index < -0.39 is 5.91 Å². The van der Waals surface area contributed by atoms with Crippen molar-refractivity contribution < 1.29 is 9.90 Å². The predicted octanol–water partition coefficient (Wildman–Crippen LogP) is -0.614. The molecule has 8 heteroatoms. The highest BCUT2D eigenvalue weighted by Crippen LogP contribution is 2.13. The summed E-state index contributed by atoms with van der Waals surface area (Å²) in [6.45, 7) is 2.94. The van der Waals surface area contributed by atoms with Crippen LogP contribution in [0, 0.1) is 0 Å². The van der Waals surface area contributed by atoms with Gasteiger partial charge in [-0.3, -0.25) is 14.9 Å². The third-order valence-electron chi connectivity index (χ3n) is 2.16. The summed E-state index contributed by atoms with van der Waals surface area (Å²) in [5.41, 5.74) is 2.21. The van der Waals surface area contributed by atoms with Crippen LogP contribution in [0.15, 0.2) is 6.20 Å². The number of nitrogens with zero attached hydrogens (tertiary/aromatic N) is 3. The van der Waals surface area contributed by atoms with E-state index in [-0.39, 0.29) is 12.3 Å². The van der Waals surface area contributed by atoms with Crippen LogP contribution >= 0.6 is 11.8 Å². The summed E-state index contributed by atoms with van der Waals surface area (Å²) in [4.78, 5) is 11.1. The molecule has 0 spiro atoms. The minimum atomic E-state index is -0.447. The molecule has 17 heavy (non-hydrogen) atoms. The monoisotopic (exact) mass is 259 g/mol. The highest BCUT2D eigenvalue weighted by atomic mass is 32.2. The SMILES string of the molecule is CC(CCO)SCCn1cc(C(=O)NN)nn1. The average molecular weight is 259 g/mol. The molecule has 1 aromatic rings.